The molecule has 0 radical (unpaired) electrons. The third-order valence-electron chi connectivity index (χ3n) is 3.71. The molecule has 0 aliphatic carbocycles. The zero-order chi connectivity index (χ0) is 15.0. The van der Waals surface area contributed by atoms with Crippen LogP contribution in [0.2, 0.25) is 0 Å². The van der Waals surface area contributed by atoms with Crippen molar-refractivity contribution in [3.05, 3.63) is 69.7 Å². The van der Waals surface area contributed by atoms with Crippen LogP contribution in [-0.2, 0) is 11.0 Å². The number of aliphatic hydroxyl groups is 1. The maximum absolute atomic E-state index is 10.9. The highest BCUT2D eigenvalue weighted by molar-refractivity contribution is 9.10. The van der Waals surface area contributed by atoms with Crippen molar-refractivity contribution < 1.29 is 5.11 Å². The van der Waals surface area contributed by atoms with Gasteiger partial charge >= 0.3 is 0 Å². The highest BCUT2D eigenvalue weighted by Crippen LogP contribution is 2.34. The molecule has 2 aromatic carbocycles. The lowest BCUT2D eigenvalue weighted by Crippen LogP contribution is -2.23. The van der Waals surface area contributed by atoms with E-state index < -0.39 is 5.60 Å². The summed E-state index contributed by atoms with van der Waals surface area (Å²) in [6.07, 6.45) is 0. The van der Waals surface area contributed by atoms with Crippen LogP contribution in [0.3, 0.4) is 0 Å². The van der Waals surface area contributed by atoms with E-state index in [1.807, 2.05) is 43.3 Å². The molecule has 106 valence electrons. The molecule has 1 N–H and O–H groups in total. The van der Waals surface area contributed by atoms with Crippen LogP contribution in [0.15, 0.2) is 53.0 Å². The molecule has 0 saturated heterocycles. The van der Waals surface area contributed by atoms with Crippen molar-refractivity contribution in [3.63, 3.8) is 0 Å². The van der Waals surface area contributed by atoms with Gasteiger partial charge in [0.1, 0.15) is 5.60 Å². The van der Waals surface area contributed by atoms with Gasteiger partial charge in [0, 0.05) is 10.0 Å². The maximum Gasteiger partial charge on any atom is 0.113 e. The quantitative estimate of drug-likeness (QED) is 0.820. The Labute approximate surface area is 129 Å². The summed E-state index contributed by atoms with van der Waals surface area (Å²) in [5.41, 5.74) is 2.17. The molecule has 2 aromatic rings. The summed E-state index contributed by atoms with van der Waals surface area (Å²) in [4.78, 5) is 0. The molecule has 2 rings (SSSR count). The Bertz CT molecular complexity index is 592. The standard InChI is InChI=1S/C18H21BrO/c1-17(2,3)13-9-11-14(12-10-13)18(4,20)15-7-5-6-8-16(15)19/h5-12,20H,1-4H3. The molecular formula is C18H21BrO. The zero-order valence-electron chi connectivity index (χ0n) is 12.4. The van der Waals surface area contributed by atoms with E-state index in [2.05, 4.69) is 48.8 Å². The smallest absolute Gasteiger partial charge is 0.113 e. The number of hydrogen-bond donors (Lipinski definition) is 1. The third-order valence-corrected chi connectivity index (χ3v) is 4.40. The Morgan fingerprint density at radius 2 is 1.30 bits per heavy atom. The summed E-state index contributed by atoms with van der Waals surface area (Å²) in [5.74, 6) is 0. The Morgan fingerprint density at radius 1 is 0.800 bits per heavy atom. The summed E-state index contributed by atoms with van der Waals surface area (Å²) in [6.45, 7) is 8.40. The monoisotopic (exact) mass is 332 g/mol. The fourth-order valence-corrected chi connectivity index (χ4v) is 2.98. The molecule has 0 bridgehead atoms. The molecule has 0 aliphatic heterocycles. The average Bonchev–Trinajstić information content (AvgIpc) is 2.38. The molecule has 0 aromatic heterocycles. The van der Waals surface area contributed by atoms with E-state index in [9.17, 15) is 5.11 Å². The maximum atomic E-state index is 10.9. The molecule has 0 aliphatic rings. The van der Waals surface area contributed by atoms with Crippen LogP contribution in [0.25, 0.3) is 0 Å². The first-order valence-corrected chi connectivity index (χ1v) is 7.60. The lowest BCUT2D eigenvalue weighted by Gasteiger charge is -2.27. The lowest BCUT2D eigenvalue weighted by atomic mass is 9.83. The van der Waals surface area contributed by atoms with Crippen LogP contribution in [0.5, 0.6) is 0 Å². The van der Waals surface area contributed by atoms with Gasteiger partial charge in [-0.2, -0.15) is 0 Å². The number of benzene rings is 2. The number of halogens is 1. The normalized spacial score (nSPS) is 14.9. The predicted octanol–water partition coefficient (Wildman–Crippen LogP) is 5.00. The van der Waals surface area contributed by atoms with E-state index >= 15 is 0 Å². The summed E-state index contributed by atoms with van der Waals surface area (Å²) in [7, 11) is 0. The van der Waals surface area contributed by atoms with Crippen molar-refractivity contribution in [1.82, 2.24) is 0 Å². The second-order valence-electron chi connectivity index (χ2n) is 6.38. The van der Waals surface area contributed by atoms with Gasteiger partial charge in [-0.3, -0.25) is 0 Å². The topological polar surface area (TPSA) is 20.2 Å². The minimum absolute atomic E-state index is 0.123. The van der Waals surface area contributed by atoms with Crippen LogP contribution < -0.4 is 0 Å². The molecule has 2 heteroatoms. The van der Waals surface area contributed by atoms with Gasteiger partial charge in [0.2, 0.25) is 0 Å². The summed E-state index contributed by atoms with van der Waals surface area (Å²) >= 11 is 3.52. The van der Waals surface area contributed by atoms with Gasteiger partial charge in [-0.1, -0.05) is 79.2 Å². The molecule has 1 unspecified atom stereocenters. The average molecular weight is 333 g/mol. The third kappa shape index (κ3) is 2.97. The van der Waals surface area contributed by atoms with Crippen molar-refractivity contribution >= 4 is 15.9 Å². The van der Waals surface area contributed by atoms with Crippen molar-refractivity contribution in [2.75, 3.05) is 0 Å². The van der Waals surface area contributed by atoms with Crippen molar-refractivity contribution in [2.45, 2.75) is 38.7 Å². The van der Waals surface area contributed by atoms with Gasteiger partial charge in [0.15, 0.2) is 0 Å². The second-order valence-corrected chi connectivity index (χ2v) is 7.23. The van der Waals surface area contributed by atoms with Crippen LogP contribution in [0, 0.1) is 0 Å². The fourth-order valence-electron chi connectivity index (χ4n) is 2.31. The Balaban J connectivity index is 2.43. The number of hydrogen-bond acceptors (Lipinski definition) is 1. The first kappa shape index (κ1) is 15.3. The van der Waals surface area contributed by atoms with Crippen molar-refractivity contribution in [3.8, 4) is 0 Å². The first-order chi connectivity index (χ1) is 9.23. The molecule has 0 amide bonds. The van der Waals surface area contributed by atoms with E-state index in [0.29, 0.717) is 0 Å². The highest BCUT2D eigenvalue weighted by Gasteiger charge is 2.27. The number of rotatable bonds is 2. The van der Waals surface area contributed by atoms with Gasteiger partial charge in [0.25, 0.3) is 0 Å². The van der Waals surface area contributed by atoms with Gasteiger partial charge in [0.05, 0.1) is 0 Å². The van der Waals surface area contributed by atoms with E-state index in [1.54, 1.807) is 0 Å². The van der Waals surface area contributed by atoms with E-state index in [0.717, 1.165) is 15.6 Å². The lowest BCUT2D eigenvalue weighted by molar-refractivity contribution is 0.101. The molecule has 20 heavy (non-hydrogen) atoms. The SMILES string of the molecule is CC(C)(C)c1ccc(C(C)(O)c2ccccc2Br)cc1. The second kappa shape index (κ2) is 5.34. The predicted molar refractivity (Wildman–Crippen MR) is 88.0 cm³/mol. The van der Waals surface area contributed by atoms with Gasteiger partial charge < -0.3 is 5.11 Å². The fraction of sp³-hybridized carbons (Fsp3) is 0.333. The Hall–Kier alpha value is -1.12. The van der Waals surface area contributed by atoms with Crippen molar-refractivity contribution in [1.29, 1.82) is 0 Å². The van der Waals surface area contributed by atoms with Crippen LogP contribution in [-0.4, -0.2) is 5.11 Å². The minimum Gasteiger partial charge on any atom is -0.381 e. The molecular weight excluding hydrogens is 312 g/mol. The summed E-state index contributed by atoms with van der Waals surface area (Å²) in [5, 5.41) is 10.9. The van der Waals surface area contributed by atoms with Crippen LogP contribution >= 0.6 is 15.9 Å². The van der Waals surface area contributed by atoms with Crippen LogP contribution in [0.4, 0.5) is 0 Å². The van der Waals surface area contributed by atoms with E-state index in [-0.39, 0.29) is 5.41 Å². The Kier molecular flexibility index (Phi) is 4.08. The van der Waals surface area contributed by atoms with Gasteiger partial charge in [-0.25, -0.2) is 0 Å². The first-order valence-electron chi connectivity index (χ1n) is 6.81. The Morgan fingerprint density at radius 3 is 1.80 bits per heavy atom. The molecule has 0 spiro atoms. The minimum atomic E-state index is -1.00. The summed E-state index contributed by atoms with van der Waals surface area (Å²) < 4.78 is 0.921. The van der Waals surface area contributed by atoms with Crippen LogP contribution in [0.1, 0.15) is 44.4 Å². The molecule has 1 atom stereocenters. The molecule has 0 fully saturated rings. The highest BCUT2D eigenvalue weighted by atomic mass is 79.9. The van der Waals surface area contributed by atoms with Gasteiger partial charge in [-0.15, -0.1) is 0 Å². The summed E-state index contributed by atoms with van der Waals surface area (Å²) in [6, 6.07) is 16.0. The molecule has 0 saturated carbocycles. The van der Waals surface area contributed by atoms with E-state index in [4.69, 9.17) is 0 Å². The zero-order valence-corrected chi connectivity index (χ0v) is 14.0. The van der Waals surface area contributed by atoms with Gasteiger partial charge in [-0.05, 0) is 29.5 Å². The molecule has 1 nitrogen and oxygen atoms in total. The van der Waals surface area contributed by atoms with Crippen molar-refractivity contribution in [2.24, 2.45) is 0 Å². The largest absolute Gasteiger partial charge is 0.381 e. The molecule has 0 heterocycles. The van der Waals surface area contributed by atoms with E-state index in [1.165, 1.54) is 5.56 Å².